The molecule has 1 rings (SSSR count). The van der Waals surface area contributed by atoms with Crippen LogP contribution in [0.3, 0.4) is 0 Å². The number of ketones is 1. The van der Waals surface area contributed by atoms with E-state index in [1.807, 2.05) is 0 Å². The molecule has 0 bridgehead atoms. The number of alkyl halides is 2. The van der Waals surface area contributed by atoms with Crippen molar-refractivity contribution >= 4 is 5.78 Å². The van der Waals surface area contributed by atoms with Crippen molar-refractivity contribution in [2.75, 3.05) is 0 Å². The van der Waals surface area contributed by atoms with Crippen molar-refractivity contribution in [3.8, 4) is 0 Å². The zero-order chi connectivity index (χ0) is 9.14. The number of benzene rings is 1. The second kappa shape index (κ2) is 3.43. The number of Topliss-reactive ketones (excluding diaryl/α,β-unsaturated/α-hetero) is 1. The lowest BCUT2D eigenvalue weighted by Crippen LogP contribution is -1.98. The summed E-state index contributed by atoms with van der Waals surface area (Å²) in [5.41, 5.74) is -0.0856. The molecule has 0 aliphatic rings. The summed E-state index contributed by atoms with van der Waals surface area (Å²) in [5.74, 6) is -0.328. The van der Waals surface area contributed by atoms with Gasteiger partial charge in [-0.3, -0.25) is 4.79 Å². The average molecular weight is 170 g/mol. The van der Waals surface area contributed by atoms with E-state index in [0.717, 1.165) is 0 Å². The third-order valence-corrected chi connectivity index (χ3v) is 1.58. The molecule has 0 saturated carbocycles. The second-order valence-corrected chi connectivity index (χ2v) is 2.44. The number of carbonyl (C=O) groups excluding carboxylic acids is 1. The number of rotatable bonds is 2. The summed E-state index contributed by atoms with van der Waals surface area (Å²) in [5, 5.41) is 0. The van der Waals surface area contributed by atoms with E-state index in [1.165, 1.54) is 25.1 Å². The zero-order valence-electron chi connectivity index (χ0n) is 6.55. The molecule has 0 amide bonds. The molecule has 1 nitrogen and oxygen atoms in total. The van der Waals surface area contributed by atoms with E-state index in [9.17, 15) is 13.6 Å². The summed E-state index contributed by atoms with van der Waals surface area (Å²) < 4.78 is 24.5. The molecule has 0 aliphatic carbocycles. The van der Waals surface area contributed by atoms with Crippen LogP contribution in [0.1, 0.15) is 29.3 Å². The van der Waals surface area contributed by atoms with Crippen LogP contribution in [-0.4, -0.2) is 5.78 Å². The quantitative estimate of drug-likeness (QED) is 0.623. The van der Waals surface area contributed by atoms with Gasteiger partial charge in [0.15, 0.2) is 5.78 Å². The van der Waals surface area contributed by atoms with Crippen LogP contribution in [0.5, 0.6) is 0 Å². The lowest BCUT2D eigenvalue weighted by Gasteiger charge is -2.03. The van der Waals surface area contributed by atoms with Gasteiger partial charge in [-0.05, 0) is 6.92 Å². The van der Waals surface area contributed by atoms with E-state index >= 15 is 0 Å². The van der Waals surface area contributed by atoms with Crippen LogP contribution in [-0.2, 0) is 0 Å². The Hall–Kier alpha value is -1.25. The summed E-state index contributed by atoms with van der Waals surface area (Å²) in [7, 11) is 0. The van der Waals surface area contributed by atoms with Gasteiger partial charge >= 0.3 is 0 Å². The molecular formula is C9H8F2O. The molecule has 1 aromatic rings. The summed E-state index contributed by atoms with van der Waals surface area (Å²) >= 11 is 0. The van der Waals surface area contributed by atoms with E-state index in [0.29, 0.717) is 0 Å². The molecule has 64 valence electrons. The van der Waals surface area contributed by atoms with E-state index in [-0.39, 0.29) is 16.9 Å². The SMILES string of the molecule is CC(=O)c1ccccc1C(F)F. The second-order valence-electron chi connectivity index (χ2n) is 2.44. The third kappa shape index (κ3) is 1.67. The molecule has 0 atom stereocenters. The molecule has 0 heterocycles. The van der Waals surface area contributed by atoms with Crippen LogP contribution in [0, 0.1) is 0 Å². The molecule has 1 aromatic carbocycles. The first-order chi connectivity index (χ1) is 5.63. The van der Waals surface area contributed by atoms with Gasteiger partial charge in [0, 0.05) is 11.1 Å². The van der Waals surface area contributed by atoms with Crippen LogP contribution >= 0.6 is 0 Å². The fourth-order valence-corrected chi connectivity index (χ4v) is 1.01. The molecule has 12 heavy (non-hydrogen) atoms. The van der Waals surface area contributed by atoms with Crippen LogP contribution in [0.15, 0.2) is 24.3 Å². The molecule has 0 aliphatic heterocycles. The van der Waals surface area contributed by atoms with Crippen molar-refractivity contribution in [2.45, 2.75) is 13.3 Å². The fraction of sp³-hybridized carbons (Fsp3) is 0.222. The van der Waals surface area contributed by atoms with Crippen molar-refractivity contribution in [2.24, 2.45) is 0 Å². The first-order valence-electron chi connectivity index (χ1n) is 3.51. The normalized spacial score (nSPS) is 10.3. The number of hydrogen-bond donors (Lipinski definition) is 0. The molecule has 0 aromatic heterocycles. The summed E-state index contributed by atoms with van der Waals surface area (Å²) in [6.07, 6.45) is -2.58. The van der Waals surface area contributed by atoms with Gasteiger partial charge in [0.2, 0.25) is 0 Å². The molecule has 0 spiro atoms. The maximum atomic E-state index is 12.2. The maximum absolute atomic E-state index is 12.2. The lowest BCUT2D eigenvalue weighted by atomic mass is 10.1. The van der Waals surface area contributed by atoms with Gasteiger partial charge in [-0.2, -0.15) is 0 Å². The molecule has 0 fully saturated rings. The maximum Gasteiger partial charge on any atom is 0.264 e. The Morgan fingerprint density at radius 1 is 1.33 bits per heavy atom. The standard InChI is InChI=1S/C9H8F2O/c1-6(12)7-4-2-3-5-8(7)9(10)11/h2-5,9H,1H3. The Morgan fingerprint density at radius 3 is 2.33 bits per heavy atom. The van der Waals surface area contributed by atoms with Crippen molar-refractivity contribution in [1.82, 2.24) is 0 Å². The number of halogens is 2. The van der Waals surface area contributed by atoms with Crippen LogP contribution in [0.4, 0.5) is 8.78 Å². The van der Waals surface area contributed by atoms with Crippen LogP contribution < -0.4 is 0 Å². The smallest absolute Gasteiger partial charge is 0.264 e. The topological polar surface area (TPSA) is 17.1 Å². The van der Waals surface area contributed by atoms with Crippen molar-refractivity contribution < 1.29 is 13.6 Å². The number of hydrogen-bond acceptors (Lipinski definition) is 1. The molecule has 0 saturated heterocycles. The first kappa shape index (κ1) is 8.84. The van der Waals surface area contributed by atoms with E-state index < -0.39 is 6.43 Å². The van der Waals surface area contributed by atoms with Gasteiger partial charge in [-0.15, -0.1) is 0 Å². The molecular weight excluding hydrogens is 162 g/mol. The lowest BCUT2D eigenvalue weighted by molar-refractivity contribution is 0.0999. The minimum Gasteiger partial charge on any atom is -0.294 e. The molecule has 3 heteroatoms. The first-order valence-corrected chi connectivity index (χ1v) is 3.51. The Morgan fingerprint density at radius 2 is 1.92 bits per heavy atom. The number of carbonyl (C=O) groups is 1. The highest BCUT2D eigenvalue weighted by molar-refractivity contribution is 5.95. The van der Waals surface area contributed by atoms with Crippen molar-refractivity contribution in [3.63, 3.8) is 0 Å². The Labute approximate surface area is 69.0 Å². The summed E-state index contributed by atoms with van der Waals surface area (Å²) in [6, 6.07) is 5.74. The largest absolute Gasteiger partial charge is 0.294 e. The van der Waals surface area contributed by atoms with Gasteiger partial charge in [-0.1, -0.05) is 24.3 Å². The summed E-state index contributed by atoms with van der Waals surface area (Å²) in [4.78, 5) is 10.8. The van der Waals surface area contributed by atoms with Crippen molar-refractivity contribution in [1.29, 1.82) is 0 Å². The Bertz CT molecular complexity index is 294. The fourth-order valence-electron chi connectivity index (χ4n) is 1.01. The zero-order valence-corrected chi connectivity index (χ0v) is 6.55. The van der Waals surface area contributed by atoms with Gasteiger partial charge in [0.05, 0.1) is 0 Å². The summed E-state index contributed by atoms with van der Waals surface area (Å²) in [6.45, 7) is 1.28. The van der Waals surface area contributed by atoms with E-state index in [4.69, 9.17) is 0 Å². The molecule has 0 N–H and O–H groups in total. The molecule has 0 unspecified atom stereocenters. The van der Waals surface area contributed by atoms with Crippen molar-refractivity contribution in [3.05, 3.63) is 35.4 Å². The average Bonchev–Trinajstić information content (AvgIpc) is 2.04. The van der Waals surface area contributed by atoms with Crippen LogP contribution in [0.25, 0.3) is 0 Å². The van der Waals surface area contributed by atoms with Crippen LogP contribution in [0.2, 0.25) is 0 Å². The highest BCUT2D eigenvalue weighted by Crippen LogP contribution is 2.22. The Kier molecular flexibility index (Phi) is 2.53. The monoisotopic (exact) mass is 170 g/mol. The minimum absolute atomic E-state index is 0.104. The van der Waals surface area contributed by atoms with E-state index in [2.05, 4.69) is 0 Å². The van der Waals surface area contributed by atoms with Gasteiger partial charge in [0.1, 0.15) is 0 Å². The minimum atomic E-state index is -2.58. The van der Waals surface area contributed by atoms with Gasteiger partial charge in [0.25, 0.3) is 6.43 Å². The third-order valence-electron chi connectivity index (χ3n) is 1.58. The highest BCUT2D eigenvalue weighted by Gasteiger charge is 2.13. The van der Waals surface area contributed by atoms with E-state index in [1.54, 1.807) is 6.07 Å². The Balaban J connectivity index is 3.17. The van der Waals surface area contributed by atoms with Gasteiger partial charge < -0.3 is 0 Å². The molecule has 0 radical (unpaired) electrons. The predicted molar refractivity (Wildman–Crippen MR) is 41.4 cm³/mol. The van der Waals surface area contributed by atoms with Gasteiger partial charge in [-0.25, -0.2) is 8.78 Å². The predicted octanol–water partition coefficient (Wildman–Crippen LogP) is 2.83. The highest BCUT2D eigenvalue weighted by atomic mass is 19.3.